The molecule has 0 N–H and O–H groups in total. The molecular formula is C21H42O2. The largest absolute Gasteiger partial charge is 0.376 e. The normalized spacial score (nSPS) is 19.8. The summed E-state index contributed by atoms with van der Waals surface area (Å²) in [6, 6.07) is 0. The van der Waals surface area contributed by atoms with Gasteiger partial charge in [0.05, 0.1) is 25.9 Å². The molecule has 1 saturated heterocycles. The molecule has 1 heterocycles. The van der Waals surface area contributed by atoms with Crippen LogP contribution in [-0.2, 0) is 9.47 Å². The van der Waals surface area contributed by atoms with Crippen molar-refractivity contribution in [3.63, 3.8) is 0 Å². The number of rotatable bonds is 15. The van der Waals surface area contributed by atoms with Crippen LogP contribution in [0.4, 0.5) is 0 Å². The highest BCUT2D eigenvalue weighted by molar-refractivity contribution is 4.72. The van der Waals surface area contributed by atoms with Gasteiger partial charge >= 0.3 is 0 Å². The molecule has 0 amide bonds. The van der Waals surface area contributed by atoms with Crippen LogP contribution in [0.15, 0.2) is 0 Å². The number of hydrogen-bond acceptors (Lipinski definition) is 2. The first-order valence-electron chi connectivity index (χ1n) is 10.6. The second-order valence-electron chi connectivity index (χ2n) is 7.36. The van der Waals surface area contributed by atoms with Crippen LogP contribution in [0, 0.1) is 5.92 Å². The Morgan fingerprint density at radius 3 is 1.83 bits per heavy atom. The zero-order valence-electron chi connectivity index (χ0n) is 16.0. The molecule has 1 aliphatic rings. The fraction of sp³-hybridized carbons (Fsp3) is 1.00. The van der Waals surface area contributed by atoms with Crippen molar-refractivity contribution in [2.75, 3.05) is 19.8 Å². The van der Waals surface area contributed by atoms with Crippen molar-refractivity contribution in [3.05, 3.63) is 0 Å². The van der Waals surface area contributed by atoms with Crippen molar-refractivity contribution >= 4 is 0 Å². The van der Waals surface area contributed by atoms with E-state index in [9.17, 15) is 0 Å². The smallest absolute Gasteiger partial charge is 0.0837 e. The van der Waals surface area contributed by atoms with Gasteiger partial charge in [0.1, 0.15) is 0 Å². The van der Waals surface area contributed by atoms with Gasteiger partial charge in [-0.25, -0.2) is 0 Å². The minimum Gasteiger partial charge on any atom is -0.376 e. The fourth-order valence-electron chi connectivity index (χ4n) is 3.74. The Morgan fingerprint density at radius 2 is 1.30 bits per heavy atom. The molecular weight excluding hydrogens is 284 g/mol. The molecule has 0 spiro atoms. The summed E-state index contributed by atoms with van der Waals surface area (Å²) in [6.45, 7) is 6.98. The Balaban J connectivity index is 1.93. The van der Waals surface area contributed by atoms with E-state index in [1.54, 1.807) is 0 Å². The molecule has 138 valence electrons. The Morgan fingerprint density at radius 1 is 0.696 bits per heavy atom. The molecule has 1 aliphatic heterocycles. The standard InChI is InChI=1S/C21H42O2/c1-3-5-6-7-8-9-10-11-12-13-14-16-20(15-4-2)21-19-22-17-18-23-21/h20-21H,3-19H2,1-2H3. The molecule has 23 heavy (non-hydrogen) atoms. The predicted octanol–water partition coefficient (Wildman–Crippen LogP) is 6.52. The molecule has 2 unspecified atom stereocenters. The molecule has 0 aliphatic carbocycles. The number of hydrogen-bond donors (Lipinski definition) is 0. The minimum absolute atomic E-state index is 0.367. The van der Waals surface area contributed by atoms with Gasteiger partial charge in [-0.3, -0.25) is 0 Å². The SMILES string of the molecule is CCCCCCCCCCCCCC(CCC)C1COCCO1. The van der Waals surface area contributed by atoms with Crippen LogP contribution < -0.4 is 0 Å². The van der Waals surface area contributed by atoms with E-state index in [1.807, 2.05) is 0 Å². The van der Waals surface area contributed by atoms with Crippen molar-refractivity contribution in [3.8, 4) is 0 Å². The Bertz CT molecular complexity index is 236. The summed E-state index contributed by atoms with van der Waals surface area (Å²) >= 11 is 0. The van der Waals surface area contributed by atoms with E-state index < -0.39 is 0 Å². The van der Waals surface area contributed by atoms with Crippen molar-refractivity contribution in [2.24, 2.45) is 5.92 Å². The second kappa shape index (κ2) is 15.4. The average Bonchev–Trinajstić information content (AvgIpc) is 2.59. The third-order valence-corrected chi connectivity index (χ3v) is 5.21. The molecule has 2 atom stereocenters. The van der Waals surface area contributed by atoms with E-state index in [4.69, 9.17) is 9.47 Å². The molecule has 0 saturated carbocycles. The highest BCUT2D eigenvalue weighted by Crippen LogP contribution is 2.24. The predicted molar refractivity (Wildman–Crippen MR) is 100 cm³/mol. The first-order valence-corrected chi connectivity index (χ1v) is 10.6. The van der Waals surface area contributed by atoms with Crippen LogP contribution in [0.2, 0.25) is 0 Å². The fourth-order valence-corrected chi connectivity index (χ4v) is 3.74. The third-order valence-electron chi connectivity index (χ3n) is 5.21. The van der Waals surface area contributed by atoms with Gasteiger partial charge in [0.2, 0.25) is 0 Å². The van der Waals surface area contributed by atoms with Crippen LogP contribution >= 0.6 is 0 Å². The monoisotopic (exact) mass is 326 g/mol. The summed E-state index contributed by atoms with van der Waals surface area (Å²) in [7, 11) is 0. The minimum atomic E-state index is 0.367. The van der Waals surface area contributed by atoms with Crippen molar-refractivity contribution in [2.45, 2.75) is 110 Å². The van der Waals surface area contributed by atoms with Gasteiger partial charge in [-0.15, -0.1) is 0 Å². The van der Waals surface area contributed by atoms with Crippen molar-refractivity contribution in [1.29, 1.82) is 0 Å². The van der Waals surface area contributed by atoms with Crippen LogP contribution in [0.3, 0.4) is 0 Å². The molecule has 2 heteroatoms. The average molecular weight is 327 g/mol. The van der Waals surface area contributed by atoms with Gasteiger partial charge in [0.25, 0.3) is 0 Å². The topological polar surface area (TPSA) is 18.5 Å². The first kappa shape index (κ1) is 21.0. The van der Waals surface area contributed by atoms with Gasteiger partial charge in [0.15, 0.2) is 0 Å². The Hall–Kier alpha value is -0.0800. The lowest BCUT2D eigenvalue weighted by Gasteiger charge is -2.30. The summed E-state index contributed by atoms with van der Waals surface area (Å²) in [4.78, 5) is 0. The molecule has 1 fully saturated rings. The molecule has 0 radical (unpaired) electrons. The van der Waals surface area contributed by atoms with Crippen molar-refractivity contribution < 1.29 is 9.47 Å². The second-order valence-corrected chi connectivity index (χ2v) is 7.36. The van der Waals surface area contributed by atoms with E-state index in [-0.39, 0.29) is 0 Å². The van der Waals surface area contributed by atoms with Crippen LogP contribution in [0.25, 0.3) is 0 Å². The summed E-state index contributed by atoms with van der Waals surface area (Å²) in [5.74, 6) is 0.721. The molecule has 0 aromatic rings. The Labute approximate surface area is 145 Å². The van der Waals surface area contributed by atoms with Gasteiger partial charge in [-0.1, -0.05) is 90.9 Å². The number of unbranched alkanes of at least 4 members (excludes halogenated alkanes) is 10. The lowest BCUT2D eigenvalue weighted by Crippen LogP contribution is -2.35. The summed E-state index contributed by atoms with van der Waals surface area (Å²) in [6.07, 6.45) is 20.0. The maximum atomic E-state index is 5.92. The van der Waals surface area contributed by atoms with E-state index in [0.717, 1.165) is 25.7 Å². The zero-order chi connectivity index (χ0) is 16.6. The van der Waals surface area contributed by atoms with Gasteiger partial charge in [-0.2, -0.15) is 0 Å². The van der Waals surface area contributed by atoms with Gasteiger partial charge in [0, 0.05) is 0 Å². The van der Waals surface area contributed by atoms with Crippen LogP contribution in [0.1, 0.15) is 104 Å². The van der Waals surface area contributed by atoms with Crippen LogP contribution in [0.5, 0.6) is 0 Å². The molecule has 2 nitrogen and oxygen atoms in total. The van der Waals surface area contributed by atoms with Gasteiger partial charge < -0.3 is 9.47 Å². The van der Waals surface area contributed by atoms with Crippen LogP contribution in [-0.4, -0.2) is 25.9 Å². The maximum Gasteiger partial charge on any atom is 0.0837 e. The molecule has 1 rings (SSSR count). The summed E-state index contributed by atoms with van der Waals surface area (Å²) in [5.41, 5.74) is 0. The van der Waals surface area contributed by atoms with Gasteiger partial charge in [-0.05, 0) is 18.8 Å². The van der Waals surface area contributed by atoms with E-state index in [0.29, 0.717) is 6.10 Å². The highest BCUT2D eigenvalue weighted by Gasteiger charge is 2.23. The lowest BCUT2D eigenvalue weighted by atomic mass is 9.90. The van der Waals surface area contributed by atoms with E-state index in [1.165, 1.54) is 89.9 Å². The summed E-state index contributed by atoms with van der Waals surface area (Å²) in [5, 5.41) is 0. The van der Waals surface area contributed by atoms with Crippen molar-refractivity contribution in [1.82, 2.24) is 0 Å². The lowest BCUT2D eigenvalue weighted by molar-refractivity contribution is -0.113. The third kappa shape index (κ3) is 11.2. The quantitative estimate of drug-likeness (QED) is 0.319. The highest BCUT2D eigenvalue weighted by atomic mass is 16.6. The van der Waals surface area contributed by atoms with E-state index >= 15 is 0 Å². The van der Waals surface area contributed by atoms with E-state index in [2.05, 4.69) is 13.8 Å². The maximum absolute atomic E-state index is 5.92. The molecule has 0 aromatic heterocycles. The summed E-state index contributed by atoms with van der Waals surface area (Å²) < 4.78 is 11.5. The molecule has 0 aromatic carbocycles. The zero-order valence-corrected chi connectivity index (χ0v) is 16.0. The first-order chi connectivity index (χ1) is 11.4. The Kier molecular flexibility index (Phi) is 14.1. The molecule has 0 bridgehead atoms. The number of ether oxygens (including phenoxy) is 2.